The summed E-state index contributed by atoms with van der Waals surface area (Å²) in [6.45, 7) is 1.53. The van der Waals surface area contributed by atoms with Crippen molar-refractivity contribution in [3.05, 3.63) is 107 Å². The van der Waals surface area contributed by atoms with Crippen molar-refractivity contribution in [3.63, 3.8) is 0 Å². The first-order chi connectivity index (χ1) is 21.2. The second-order valence-electron chi connectivity index (χ2n) is 11.5. The molecule has 2 aromatic heterocycles. The Morgan fingerprint density at radius 2 is 1.68 bits per heavy atom. The first kappa shape index (κ1) is 28.5. The Labute approximate surface area is 252 Å². The van der Waals surface area contributed by atoms with Crippen LogP contribution in [0.5, 0.6) is 0 Å². The van der Waals surface area contributed by atoms with Crippen molar-refractivity contribution in [2.75, 3.05) is 31.1 Å². The maximum absolute atomic E-state index is 14.7. The highest BCUT2D eigenvalue weighted by molar-refractivity contribution is 7.89. The van der Waals surface area contributed by atoms with Gasteiger partial charge in [0, 0.05) is 37.9 Å². The molecular formula is C32H28F3N5O3S. The summed E-state index contributed by atoms with van der Waals surface area (Å²) >= 11 is 0. The second-order valence-corrected chi connectivity index (χ2v) is 13.4. The largest absolute Gasteiger partial charge is 0.357 e. The number of aromatic nitrogens is 3. The number of piperidine rings is 1. The van der Waals surface area contributed by atoms with Crippen LogP contribution in [0.3, 0.4) is 0 Å². The van der Waals surface area contributed by atoms with Crippen molar-refractivity contribution < 1.29 is 26.4 Å². The number of nitrogens with zero attached hydrogens (tertiary/aromatic N) is 5. The lowest BCUT2D eigenvalue weighted by molar-refractivity contribution is 0.0775. The van der Waals surface area contributed by atoms with E-state index in [9.17, 15) is 26.4 Å². The van der Waals surface area contributed by atoms with Gasteiger partial charge >= 0.3 is 0 Å². The molecule has 226 valence electrons. The van der Waals surface area contributed by atoms with Gasteiger partial charge in [0.25, 0.3) is 0 Å². The van der Waals surface area contributed by atoms with Crippen molar-refractivity contribution >= 4 is 27.7 Å². The van der Waals surface area contributed by atoms with E-state index in [-0.39, 0.29) is 42.4 Å². The summed E-state index contributed by atoms with van der Waals surface area (Å²) in [5, 5.41) is 4.53. The molecule has 2 aromatic carbocycles. The normalized spacial score (nSPS) is 20.2. The molecule has 2 fully saturated rings. The zero-order valence-corrected chi connectivity index (χ0v) is 24.4. The van der Waals surface area contributed by atoms with Gasteiger partial charge in [-0.25, -0.2) is 31.3 Å². The fraction of sp³-hybridized carbons (Fsp3) is 0.281. The van der Waals surface area contributed by atoms with Crippen molar-refractivity contribution in [2.45, 2.75) is 30.6 Å². The number of carbonyl (C=O) groups excluding carboxylic acids is 1. The van der Waals surface area contributed by atoms with Crippen molar-refractivity contribution in [1.29, 1.82) is 0 Å². The highest BCUT2D eigenvalue weighted by atomic mass is 32.2. The lowest BCUT2D eigenvalue weighted by Crippen LogP contribution is -2.53. The molecule has 2 aliphatic heterocycles. The maximum atomic E-state index is 14.7. The minimum absolute atomic E-state index is 0.0393. The molecule has 4 aromatic rings. The number of fused-ring (bicyclic) bond motifs is 2. The first-order valence-corrected chi connectivity index (χ1v) is 15.8. The molecule has 4 heterocycles. The Morgan fingerprint density at radius 1 is 0.909 bits per heavy atom. The van der Waals surface area contributed by atoms with Gasteiger partial charge in [-0.05, 0) is 91.9 Å². The second kappa shape index (κ2) is 10.7. The van der Waals surface area contributed by atoms with E-state index in [0.717, 1.165) is 54.9 Å². The highest BCUT2D eigenvalue weighted by Crippen LogP contribution is 2.47. The van der Waals surface area contributed by atoms with Crippen molar-refractivity contribution in [1.82, 2.24) is 19.1 Å². The standard InChI is InChI=1S/C32H28F3N5O3S/c33-24-3-5-25(6-4-24)40-29-16-23-10-14-39(44(42,43)26-7-8-27(34)28(35)17-26)20-32(23,18-22(29)19-37-40)31(41)21-9-11-36-30(15-21)38-12-1-2-13-38/h3-9,11,15-17,19H,1-2,10,12-14,18,20H2. The summed E-state index contributed by atoms with van der Waals surface area (Å²) in [6.07, 6.45) is 7.60. The molecule has 3 aliphatic rings. The van der Waals surface area contributed by atoms with E-state index in [1.165, 1.54) is 16.4 Å². The van der Waals surface area contributed by atoms with E-state index >= 15 is 0 Å². The number of halogens is 3. The number of Topliss-reactive ketones (excluding diaryl/α,β-unsaturated/α-hetero) is 1. The van der Waals surface area contributed by atoms with Gasteiger partial charge in [-0.3, -0.25) is 4.79 Å². The molecule has 0 saturated carbocycles. The SMILES string of the molecule is O=C(c1ccnc(N2CCCC2)c1)C12Cc3cnn(-c4ccc(F)cc4)c3C=C1CCN(S(=O)(=O)c1ccc(F)c(F)c1)C2. The Bertz CT molecular complexity index is 1920. The number of hydrogen-bond donors (Lipinski definition) is 0. The van der Waals surface area contributed by atoms with E-state index in [4.69, 9.17) is 0 Å². The van der Waals surface area contributed by atoms with Crippen LogP contribution in [0, 0.1) is 22.9 Å². The number of anilines is 1. The Morgan fingerprint density at radius 3 is 2.43 bits per heavy atom. The zero-order valence-electron chi connectivity index (χ0n) is 23.6. The molecule has 0 bridgehead atoms. The number of ketones is 1. The van der Waals surface area contributed by atoms with E-state index in [2.05, 4.69) is 15.0 Å². The van der Waals surface area contributed by atoms with Crippen LogP contribution in [0.1, 0.15) is 40.9 Å². The van der Waals surface area contributed by atoms with Crippen LogP contribution in [-0.4, -0.2) is 59.4 Å². The molecule has 0 amide bonds. The van der Waals surface area contributed by atoms with Crippen LogP contribution in [0.4, 0.5) is 19.0 Å². The summed E-state index contributed by atoms with van der Waals surface area (Å²) in [5.74, 6) is -2.35. The van der Waals surface area contributed by atoms with Gasteiger partial charge in [-0.2, -0.15) is 9.40 Å². The molecular weight excluding hydrogens is 591 g/mol. The van der Waals surface area contributed by atoms with Gasteiger partial charge in [0.05, 0.1) is 27.9 Å². The predicted octanol–water partition coefficient (Wildman–Crippen LogP) is 5.19. The van der Waals surface area contributed by atoms with Crippen molar-refractivity contribution in [3.8, 4) is 5.69 Å². The van der Waals surface area contributed by atoms with Crippen LogP contribution >= 0.6 is 0 Å². The van der Waals surface area contributed by atoms with Crippen LogP contribution in [0.2, 0.25) is 0 Å². The van der Waals surface area contributed by atoms with Gasteiger partial charge in [0.1, 0.15) is 11.6 Å². The molecule has 0 N–H and O–H groups in total. The van der Waals surface area contributed by atoms with Gasteiger partial charge in [-0.15, -0.1) is 0 Å². The van der Waals surface area contributed by atoms with Gasteiger partial charge in [-0.1, -0.05) is 5.57 Å². The first-order valence-electron chi connectivity index (χ1n) is 14.4. The van der Waals surface area contributed by atoms with E-state index in [1.807, 2.05) is 6.08 Å². The van der Waals surface area contributed by atoms with Gasteiger partial charge in [0.2, 0.25) is 10.0 Å². The fourth-order valence-corrected chi connectivity index (χ4v) is 8.06. The highest BCUT2D eigenvalue weighted by Gasteiger charge is 2.51. The number of rotatable bonds is 6. The average molecular weight is 620 g/mol. The van der Waals surface area contributed by atoms with E-state index < -0.39 is 27.1 Å². The molecule has 1 atom stereocenters. The summed E-state index contributed by atoms with van der Waals surface area (Å²) in [7, 11) is -4.28. The minimum atomic E-state index is -4.28. The summed E-state index contributed by atoms with van der Waals surface area (Å²) in [5.41, 5.74) is 1.99. The summed E-state index contributed by atoms with van der Waals surface area (Å²) < 4.78 is 71.8. The number of sulfonamides is 1. The van der Waals surface area contributed by atoms with Crippen molar-refractivity contribution in [2.24, 2.45) is 5.41 Å². The molecule has 12 heteroatoms. The Kier molecular flexibility index (Phi) is 6.93. The van der Waals surface area contributed by atoms with E-state index in [0.29, 0.717) is 23.1 Å². The molecule has 1 unspecified atom stereocenters. The topological polar surface area (TPSA) is 88.4 Å². The fourth-order valence-electron chi connectivity index (χ4n) is 6.55. The quantitative estimate of drug-likeness (QED) is 0.276. The Balaban J connectivity index is 1.32. The molecule has 44 heavy (non-hydrogen) atoms. The summed E-state index contributed by atoms with van der Waals surface area (Å²) in [6, 6.07) is 11.8. The minimum Gasteiger partial charge on any atom is -0.357 e. The van der Waals surface area contributed by atoms with Crippen LogP contribution in [0.25, 0.3) is 11.8 Å². The summed E-state index contributed by atoms with van der Waals surface area (Å²) in [4.78, 5) is 20.9. The average Bonchev–Trinajstić information content (AvgIpc) is 3.71. The molecule has 2 saturated heterocycles. The third kappa shape index (κ3) is 4.72. The maximum Gasteiger partial charge on any atom is 0.243 e. The van der Waals surface area contributed by atoms with Crippen LogP contribution in [0.15, 0.2) is 77.5 Å². The molecule has 1 aliphatic carbocycles. The number of pyridine rings is 1. The lowest BCUT2D eigenvalue weighted by Gasteiger charge is -2.45. The third-order valence-electron chi connectivity index (χ3n) is 8.85. The molecule has 0 radical (unpaired) electrons. The predicted molar refractivity (Wildman–Crippen MR) is 157 cm³/mol. The Hall–Kier alpha value is -4.29. The monoisotopic (exact) mass is 619 g/mol. The van der Waals surface area contributed by atoms with Crippen LogP contribution in [-0.2, 0) is 16.4 Å². The van der Waals surface area contributed by atoms with Crippen LogP contribution < -0.4 is 4.90 Å². The zero-order chi connectivity index (χ0) is 30.6. The van der Waals surface area contributed by atoms with Gasteiger partial charge < -0.3 is 4.90 Å². The smallest absolute Gasteiger partial charge is 0.243 e. The number of benzene rings is 2. The third-order valence-corrected chi connectivity index (χ3v) is 10.7. The lowest BCUT2D eigenvalue weighted by atomic mass is 9.65. The van der Waals surface area contributed by atoms with Gasteiger partial charge in [0.15, 0.2) is 17.4 Å². The van der Waals surface area contributed by atoms with E-state index in [1.54, 1.807) is 41.3 Å². The molecule has 0 spiro atoms. The molecule has 8 nitrogen and oxygen atoms in total. The molecule has 7 rings (SSSR count). The number of carbonyl (C=O) groups is 1. The number of hydrogen-bond acceptors (Lipinski definition) is 6.